The number of hydrogen-bond acceptors (Lipinski definition) is 3. The van der Waals surface area contributed by atoms with Gasteiger partial charge in [-0.15, -0.1) is 5.10 Å². The second-order valence-corrected chi connectivity index (χ2v) is 5.86. The summed E-state index contributed by atoms with van der Waals surface area (Å²) in [5.41, 5.74) is 3.25. The molecule has 4 heteroatoms. The minimum absolute atomic E-state index is 0.432. The van der Waals surface area contributed by atoms with Crippen LogP contribution in [0.3, 0.4) is 0 Å². The molecule has 4 aromatic rings. The van der Waals surface area contributed by atoms with E-state index in [0.29, 0.717) is 11.8 Å². The van der Waals surface area contributed by atoms with Crippen molar-refractivity contribution in [2.75, 3.05) is 0 Å². The van der Waals surface area contributed by atoms with Crippen LogP contribution in [-0.4, -0.2) is 19.6 Å². The monoisotopic (exact) mass is 286 g/mol. The lowest BCUT2D eigenvalue weighted by molar-refractivity contribution is 0.850. The third-order valence-corrected chi connectivity index (χ3v) is 4.45. The van der Waals surface area contributed by atoms with Crippen LogP contribution in [0.4, 0.5) is 0 Å². The van der Waals surface area contributed by atoms with Crippen molar-refractivity contribution in [1.82, 2.24) is 19.6 Å². The maximum absolute atomic E-state index is 4.79. The van der Waals surface area contributed by atoms with E-state index in [2.05, 4.69) is 46.5 Å². The predicted octanol–water partition coefficient (Wildman–Crippen LogP) is 3.55. The molecular weight excluding hydrogens is 272 g/mol. The molecule has 1 fully saturated rings. The van der Waals surface area contributed by atoms with Crippen molar-refractivity contribution in [3.63, 3.8) is 0 Å². The Bertz CT molecular complexity index is 974. The Morgan fingerprint density at radius 2 is 1.73 bits per heavy atom. The zero-order valence-corrected chi connectivity index (χ0v) is 11.9. The highest BCUT2D eigenvalue weighted by molar-refractivity contribution is 5.90. The lowest BCUT2D eigenvalue weighted by Crippen LogP contribution is -1.91. The molecule has 106 valence electrons. The van der Waals surface area contributed by atoms with Crippen LogP contribution in [0.2, 0.25) is 0 Å². The standard InChI is InChI=1S/C18H14N4/c1-2-6-12(7-3-1)14-10-15(14)17-20-18-13-8-4-5-9-16(13)19-11-22(18)21-17/h1-9,11,14-15H,10H2/t14-,15-/m1/s1. The summed E-state index contributed by atoms with van der Waals surface area (Å²) in [4.78, 5) is 9.23. The predicted molar refractivity (Wildman–Crippen MR) is 84.8 cm³/mol. The van der Waals surface area contributed by atoms with Crippen LogP contribution >= 0.6 is 0 Å². The molecule has 0 amide bonds. The lowest BCUT2D eigenvalue weighted by Gasteiger charge is -1.96. The van der Waals surface area contributed by atoms with E-state index >= 15 is 0 Å². The topological polar surface area (TPSA) is 43.1 Å². The van der Waals surface area contributed by atoms with Gasteiger partial charge in [0.2, 0.25) is 0 Å². The highest BCUT2D eigenvalue weighted by Gasteiger charge is 2.42. The summed E-state index contributed by atoms with van der Waals surface area (Å²) in [6, 6.07) is 18.7. The largest absolute Gasteiger partial charge is 0.236 e. The van der Waals surface area contributed by atoms with E-state index in [1.54, 1.807) is 10.8 Å². The zero-order chi connectivity index (χ0) is 14.5. The van der Waals surface area contributed by atoms with E-state index in [1.165, 1.54) is 5.56 Å². The molecule has 4 nitrogen and oxygen atoms in total. The van der Waals surface area contributed by atoms with Crippen LogP contribution in [0.1, 0.15) is 29.6 Å². The van der Waals surface area contributed by atoms with Crippen LogP contribution in [0, 0.1) is 0 Å². The highest BCUT2D eigenvalue weighted by Crippen LogP contribution is 2.53. The molecule has 5 rings (SSSR count). The van der Waals surface area contributed by atoms with Crippen LogP contribution in [-0.2, 0) is 0 Å². The molecule has 0 saturated heterocycles. The summed E-state index contributed by atoms with van der Waals surface area (Å²) in [6.45, 7) is 0. The summed E-state index contributed by atoms with van der Waals surface area (Å²) in [6.07, 6.45) is 2.89. The summed E-state index contributed by atoms with van der Waals surface area (Å²) in [7, 11) is 0. The molecule has 1 saturated carbocycles. The molecule has 0 N–H and O–H groups in total. The van der Waals surface area contributed by atoms with Gasteiger partial charge in [-0.2, -0.15) is 0 Å². The van der Waals surface area contributed by atoms with E-state index in [-0.39, 0.29) is 0 Å². The number of benzene rings is 2. The lowest BCUT2D eigenvalue weighted by atomic mass is 10.1. The van der Waals surface area contributed by atoms with Gasteiger partial charge in [-0.3, -0.25) is 0 Å². The van der Waals surface area contributed by atoms with Gasteiger partial charge < -0.3 is 0 Å². The minimum atomic E-state index is 0.432. The minimum Gasteiger partial charge on any atom is -0.236 e. The van der Waals surface area contributed by atoms with Gasteiger partial charge in [0.05, 0.1) is 5.52 Å². The van der Waals surface area contributed by atoms with Crippen LogP contribution in [0.5, 0.6) is 0 Å². The normalized spacial score (nSPS) is 20.5. The third-order valence-electron chi connectivity index (χ3n) is 4.45. The zero-order valence-electron chi connectivity index (χ0n) is 11.9. The first-order chi connectivity index (χ1) is 10.9. The summed E-state index contributed by atoms with van der Waals surface area (Å²) < 4.78 is 1.80. The van der Waals surface area contributed by atoms with E-state index in [1.807, 2.05) is 18.2 Å². The third kappa shape index (κ3) is 1.73. The van der Waals surface area contributed by atoms with E-state index < -0.39 is 0 Å². The SMILES string of the molecule is c1ccc([C@H]2C[C@H]2c2nc3c4ccccc4ncn3n2)cc1. The second kappa shape index (κ2) is 4.37. The highest BCUT2D eigenvalue weighted by atomic mass is 15.3. The van der Waals surface area contributed by atoms with Crippen molar-refractivity contribution in [3.8, 4) is 0 Å². The Hall–Kier alpha value is -2.75. The molecule has 2 aromatic carbocycles. The molecule has 2 heterocycles. The van der Waals surface area contributed by atoms with Crippen LogP contribution in [0.15, 0.2) is 60.9 Å². The first-order valence-corrected chi connectivity index (χ1v) is 7.55. The molecular formula is C18H14N4. The number of rotatable bonds is 2. The van der Waals surface area contributed by atoms with Gasteiger partial charge in [0.25, 0.3) is 0 Å². The Labute approximate surface area is 127 Å². The fraction of sp³-hybridized carbons (Fsp3) is 0.167. The number of hydrogen-bond donors (Lipinski definition) is 0. The molecule has 0 aliphatic heterocycles. The fourth-order valence-corrected chi connectivity index (χ4v) is 3.20. The van der Waals surface area contributed by atoms with Crippen molar-refractivity contribution in [2.45, 2.75) is 18.3 Å². The van der Waals surface area contributed by atoms with E-state index in [4.69, 9.17) is 4.98 Å². The van der Waals surface area contributed by atoms with Gasteiger partial charge in [-0.25, -0.2) is 14.5 Å². The van der Waals surface area contributed by atoms with Gasteiger partial charge in [-0.1, -0.05) is 42.5 Å². The van der Waals surface area contributed by atoms with Crippen LogP contribution in [0.25, 0.3) is 16.6 Å². The van der Waals surface area contributed by atoms with Crippen molar-refractivity contribution < 1.29 is 0 Å². The van der Waals surface area contributed by atoms with Crippen molar-refractivity contribution in [2.24, 2.45) is 0 Å². The maximum atomic E-state index is 4.79. The summed E-state index contributed by atoms with van der Waals surface area (Å²) in [5, 5.41) is 5.70. The summed E-state index contributed by atoms with van der Waals surface area (Å²) in [5.74, 6) is 1.92. The second-order valence-electron chi connectivity index (χ2n) is 5.86. The number of fused-ring (bicyclic) bond motifs is 3. The molecule has 2 atom stereocenters. The molecule has 2 aromatic heterocycles. The van der Waals surface area contributed by atoms with Gasteiger partial charge in [-0.05, 0) is 30.0 Å². The van der Waals surface area contributed by atoms with Crippen LogP contribution < -0.4 is 0 Å². The van der Waals surface area contributed by atoms with E-state index in [0.717, 1.165) is 28.8 Å². The Balaban J connectivity index is 1.58. The molecule has 0 bridgehead atoms. The van der Waals surface area contributed by atoms with Gasteiger partial charge in [0, 0.05) is 11.3 Å². The van der Waals surface area contributed by atoms with Gasteiger partial charge >= 0.3 is 0 Å². The smallest absolute Gasteiger partial charge is 0.166 e. The Kier molecular flexibility index (Phi) is 2.36. The number of para-hydroxylation sites is 1. The number of nitrogens with zero attached hydrogens (tertiary/aromatic N) is 4. The molecule has 22 heavy (non-hydrogen) atoms. The first kappa shape index (κ1) is 11.9. The van der Waals surface area contributed by atoms with E-state index in [9.17, 15) is 0 Å². The summed E-state index contributed by atoms with van der Waals surface area (Å²) >= 11 is 0. The average molecular weight is 286 g/mol. The Morgan fingerprint density at radius 3 is 2.64 bits per heavy atom. The first-order valence-electron chi connectivity index (χ1n) is 7.55. The molecule has 0 unspecified atom stereocenters. The number of aromatic nitrogens is 4. The van der Waals surface area contributed by atoms with Crippen molar-refractivity contribution in [3.05, 3.63) is 72.3 Å². The quantitative estimate of drug-likeness (QED) is 0.566. The maximum Gasteiger partial charge on any atom is 0.166 e. The van der Waals surface area contributed by atoms with Crippen molar-refractivity contribution in [1.29, 1.82) is 0 Å². The molecule has 0 radical (unpaired) electrons. The Morgan fingerprint density at radius 1 is 0.909 bits per heavy atom. The average Bonchev–Trinajstić information content (AvgIpc) is 3.27. The fourth-order valence-electron chi connectivity index (χ4n) is 3.20. The molecule has 0 spiro atoms. The van der Waals surface area contributed by atoms with Gasteiger partial charge in [0.1, 0.15) is 6.33 Å². The van der Waals surface area contributed by atoms with Crippen molar-refractivity contribution >= 4 is 16.6 Å². The van der Waals surface area contributed by atoms with Gasteiger partial charge in [0.15, 0.2) is 11.5 Å². The molecule has 1 aliphatic carbocycles. The molecule has 1 aliphatic rings.